The van der Waals surface area contributed by atoms with E-state index in [0.29, 0.717) is 0 Å². The average molecular weight is 360 g/mol. The minimum absolute atomic E-state index is 0.0733. The maximum atomic E-state index is 12.2. The first-order valence-corrected chi connectivity index (χ1v) is 7.87. The summed E-state index contributed by atoms with van der Waals surface area (Å²) in [5.41, 5.74) is 0.656. The minimum Gasteiger partial charge on any atom is -0.493 e. The van der Waals surface area contributed by atoms with Gasteiger partial charge in [-0.25, -0.2) is 14.3 Å². The van der Waals surface area contributed by atoms with Crippen LogP contribution in [-0.4, -0.2) is 47.4 Å². The maximum Gasteiger partial charge on any atom is 0.363 e. The summed E-state index contributed by atoms with van der Waals surface area (Å²) in [6, 6.07) is 8.34. The van der Waals surface area contributed by atoms with Crippen LogP contribution in [0.25, 0.3) is 5.69 Å². The molecule has 1 aromatic heterocycles. The van der Waals surface area contributed by atoms with E-state index in [-0.39, 0.29) is 17.5 Å². The molecule has 0 aliphatic heterocycles. The van der Waals surface area contributed by atoms with Crippen LogP contribution in [0.2, 0.25) is 0 Å². The van der Waals surface area contributed by atoms with E-state index in [1.165, 1.54) is 18.0 Å². The average Bonchev–Trinajstić information content (AvgIpc) is 3.04. The number of carbonyl (C=O) groups excluding carboxylic acids is 3. The summed E-state index contributed by atoms with van der Waals surface area (Å²) in [7, 11) is 1.39. The van der Waals surface area contributed by atoms with Crippen molar-refractivity contribution >= 4 is 17.9 Å². The Morgan fingerprint density at radius 2 is 1.88 bits per heavy atom. The van der Waals surface area contributed by atoms with Gasteiger partial charge in [-0.3, -0.25) is 10.1 Å². The van der Waals surface area contributed by atoms with Gasteiger partial charge in [-0.2, -0.15) is 5.10 Å². The number of imide groups is 1. The smallest absolute Gasteiger partial charge is 0.363 e. The largest absolute Gasteiger partial charge is 0.493 e. The molecule has 2 aromatic rings. The first-order valence-electron chi connectivity index (χ1n) is 7.87. The van der Waals surface area contributed by atoms with Gasteiger partial charge in [0, 0.05) is 6.04 Å². The predicted octanol–water partition coefficient (Wildman–Crippen LogP) is 1.27. The molecule has 0 unspecified atom stereocenters. The maximum absolute atomic E-state index is 12.2. The molecular weight excluding hydrogens is 340 g/mol. The fourth-order valence-electron chi connectivity index (χ4n) is 2.02. The molecule has 0 fully saturated rings. The number of hydrogen-bond acceptors (Lipinski definition) is 6. The van der Waals surface area contributed by atoms with Crippen LogP contribution in [0.1, 0.15) is 24.3 Å². The predicted molar refractivity (Wildman–Crippen MR) is 92.2 cm³/mol. The SMILES string of the molecule is COc1cn(-c2ccccc2)nc1C(=O)OCC(=O)NC(=O)NC(C)C. The third kappa shape index (κ3) is 5.07. The van der Waals surface area contributed by atoms with Crippen LogP contribution >= 0.6 is 0 Å². The number of nitrogens with zero attached hydrogens (tertiary/aromatic N) is 2. The molecule has 138 valence electrons. The van der Waals surface area contributed by atoms with E-state index in [9.17, 15) is 14.4 Å². The van der Waals surface area contributed by atoms with E-state index in [2.05, 4.69) is 15.7 Å². The van der Waals surface area contributed by atoms with Gasteiger partial charge in [0.15, 0.2) is 12.4 Å². The Labute approximate surface area is 150 Å². The number of amides is 3. The third-order valence-electron chi connectivity index (χ3n) is 3.12. The van der Waals surface area contributed by atoms with E-state index in [1.54, 1.807) is 13.8 Å². The summed E-state index contributed by atoms with van der Waals surface area (Å²) in [6.07, 6.45) is 1.53. The lowest BCUT2D eigenvalue weighted by Crippen LogP contribution is -2.44. The van der Waals surface area contributed by atoms with Crippen LogP contribution in [-0.2, 0) is 9.53 Å². The van der Waals surface area contributed by atoms with E-state index < -0.39 is 24.5 Å². The number of nitrogens with one attached hydrogen (secondary N) is 2. The normalized spacial score (nSPS) is 10.3. The highest BCUT2D eigenvalue weighted by Crippen LogP contribution is 2.20. The number of hydrogen-bond donors (Lipinski definition) is 2. The van der Waals surface area contributed by atoms with Crippen molar-refractivity contribution in [3.63, 3.8) is 0 Å². The highest BCUT2D eigenvalue weighted by atomic mass is 16.5. The van der Waals surface area contributed by atoms with Crippen molar-refractivity contribution in [2.24, 2.45) is 0 Å². The molecule has 9 heteroatoms. The molecule has 1 aromatic carbocycles. The van der Waals surface area contributed by atoms with E-state index in [4.69, 9.17) is 9.47 Å². The van der Waals surface area contributed by atoms with Crippen molar-refractivity contribution in [3.8, 4) is 11.4 Å². The van der Waals surface area contributed by atoms with E-state index in [0.717, 1.165) is 5.69 Å². The standard InChI is InChI=1S/C17H20N4O5/c1-11(2)18-17(24)19-14(22)10-26-16(23)15-13(25-3)9-21(20-15)12-7-5-4-6-8-12/h4-9,11H,10H2,1-3H3,(H2,18,19,22,24). The molecule has 0 bridgehead atoms. The van der Waals surface area contributed by atoms with Gasteiger partial charge in [0.05, 0.1) is 19.0 Å². The molecule has 1 heterocycles. The van der Waals surface area contributed by atoms with Crippen LogP contribution in [0.15, 0.2) is 36.5 Å². The lowest BCUT2D eigenvalue weighted by Gasteiger charge is -2.09. The van der Waals surface area contributed by atoms with Gasteiger partial charge < -0.3 is 14.8 Å². The van der Waals surface area contributed by atoms with Crippen molar-refractivity contribution < 1.29 is 23.9 Å². The number of aromatic nitrogens is 2. The second kappa shape index (κ2) is 8.65. The van der Waals surface area contributed by atoms with Crippen LogP contribution in [0.4, 0.5) is 4.79 Å². The Bertz CT molecular complexity index is 786. The van der Waals surface area contributed by atoms with Crippen molar-refractivity contribution in [2.75, 3.05) is 13.7 Å². The topological polar surface area (TPSA) is 112 Å². The van der Waals surface area contributed by atoms with E-state index in [1.807, 2.05) is 30.3 Å². The first kappa shape index (κ1) is 19.0. The molecule has 0 saturated carbocycles. The summed E-state index contributed by atoms with van der Waals surface area (Å²) in [5, 5.41) is 8.68. The zero-order valence-electron chi connectivity index (χ0n) is 14.7. The molecule has 0 atom stereocenters. The molecule has 2 rings (SSSR count). The van der Waals surface area contributed by atoms with Gasteiger partial charge in [0.1, 0.15) is 0 Å². The lowest BCUT2D eigenvalue weighted by atomic mass is 10.3. The Hall–Kier alpha value is -3.36. The van der Waals surface area contributed by atoms with Gasteiger partial charge in [-0.15, -0.1) is 0 Å². The van der Waals surface area contributed by atoms with Crippen LogP contribution in [0.5, 0.6) is 5.75 Å². The molecule has 3 amide bonds. The fourth-order valence-corrected chi connectivity index (χ4v) is 2.02. The summed E-state index contributed by atoms with van der Waals surface area (Å²) >= 11 is 0. The second-order valence-corrected chi connectivity index (χ2v) is 5.58. The number of carbonyl (C=O) groups is 3. The monoisotopic (exact) mass is 360 g/mol. The highest BCUT2D eigenvalue weighted by molar-refractivity contribution is 5.97. The zero-order valence-corrected chi connectivity index (χ0v) is 14.7. The molecule has 0 radical (unpaired) electrons. The van der Waals surface area contributed by atoms with Gasteiger partial charge in [-0.05, 0) is 26.0 Å². The van der Waals surface area contributed by atoms with Gasteiger partial charge in [-0.1, -0.05) is 18.2 Å². The van der Waals surface area contributed by atoms with Crippen LogP contribution in [0, 0.1) is 0 Å². The number of benzene rings is 1. The van der Waals surface area contributed by atoms with Gasteiger partial charge >= 0.3 is 12.0 Å². The summed E-state index contributed by atoms with van der Waals surface area (Å²) < 4.78 is 11.5. The molecule has 0 aliphatic carbocycles. The highest BCUT2D eigenvalue weighted by Gasteiger charge is 2.21. The fraction of sp³-hybridized carbons (Fsp3) is 0.294. The molecule has 9 nitrogen and oxygen atoms in total. The van der Waals surface area contributed by atoms with Crippen LogP contribution in [0.3, 0.4) is 0 Å². The Kier molecular flexibility index (Phi) is 6.31. The van der Waals surface area contributed by atoms with Crippen LogP contribution < -0.4 is 15.4 Å². The number of methoxy groups -OCH3 is 1. The van der Waals surface area contributed by atoms with Gasteiger partial charge in [0.25, 0.3) is 5.91 Å². The summed E-state index contributed by atoms with van der Waals surface area (Å²) in [5.74, 6) is -1.38. The lowest BCUT2D eigenvalue weighted by molar-refractivity contribution is -0.123. The molecule has 0 spiro atoms. The number of para-hydroxylation sites is 1. The molecule has 26 heavy (non-hydrogen) atoms. The Morgan fingerprint density at radius 3 is 2.50 bits per heavy atom. The number of urea groups is 1. The van der Waals surface area contributed by atoms with Crippen molar-refractivity contribution in [2.45, 2.75) is 19.9 Å². The minimum atomic E-state index is -0.837. The van der Waals surface area contributed by atoms with Crippen molar-refractivity contribution in [1.29, 1.82) is 0 Å². The zero-order chi connectivity index (χ0) is 19.1. The van der Waals surface area contributed by atoms with Gasteiger partial charge in [0.2, 0.25) is 5.69 Å². The number of rotatable bonds is 6. The Balaban J connectivity index is 2.00. The second-order valence-electron chi connectivity index (χ2n) is 5.58. The van der Waals surface area contributed by atoms with Crippen molar-refractivity contribution in [3.05, 3.63) is 42.2 Å². The summed E-state index contributed by atoms with van der Waals surface area (Å²) in [4.78, 5) is 35.2. The number of esters is 1. The molecule has 0 saturated heterocycles. The molecule has 0 aliphatic rings. The van der Waals surface area contributed by atoms with Crippen molar-refractivity contribution in [1.82, 2.24) is 20.4 Å². The summed E-state index contributed by atoms with van der Waals surface area (Å²) in [6.45, 7) is 2.88. The Morgan fingerprint density at radius 1 is 1.19 bits per heavy atom. The quantitative estimate of drug-likeness (QED) is 0.751. The number of ether oxygens (including phenoxy) is 2. The molecular formula is C17H20N4O5. The molecule has 2 N–H and O–H groups in total. The first-order chi connectivity index (χ1) is 12.4. The van der Waals surface area contributed by atoms with E-state index >= 15 is 0 Å². The third-order valence-corrected chi connectivity index (χ3v) is 3.12.